The molecule has 0 fully saturated rings. The molecular weight excluding hydrogens is 304 g/mol. The van der Waals surface area contributed by atoms with Crippen molar-refractivity contribution in [1.29, 1.82) is 0 Å². The first-order chi connectivity index (χ1) is 12.4. The Kier molecular flexibility index (Phi) is 3.09. The van der Waals surface area contributed by atoms with Crippen LogP contribution in [-0.4, -0.2) is 12.4 Å². The van der Waals surface area contributed by atoms with Crippen LogP contribution in [0, 0.1) is 0 Å². The van der Waals surface area contributed by atoms with Crippen molar-refractivity contribution in [2.45, 2.75) is 0 Å². The van der Waals surface area contributed by atoms with Crippen molar-refractivity contribution >= 4 is 44.7 Å². The van der Waals surface area contributed by atoms with Crippen LogP contribution in [0.1, 0.15) is 5.56 Å². The van der Waals surface area contributed by atoms with Crippen LogP contribution in [0.3, 0.4) is 0 Å². The maximum atomic E-state index is 4.22. The van der Waals surface area contributed by atoms with Crippen LogP contribution in [0.5, 0.6) is 0 Å². The topological polar surface area (TPSA) is 24.7 Å². The molecule has 0 heterocycles. The molecule has 0 atom stereocenters. The smallest absolute Gasteiger partial charge is 0.0645 e. The van der Waals surface area contributed by atoms with Crippen LogP contribution in [0.25, 0.3) is 32.3 Å². The van der Waals surface area contributed by atoms with E-state index in [2.05, 4.69) is 70.5 Å². The van der Waals surface area contributed by atoms with Gasteiger partial charge in [-0.3, -0.25) is 0 Å². The second-order valence-electron chi connectivity index (χ2n) is 6.13. The van der Waals surface area contributed by atoms with E-state index in [1.807, 2.05) is 24.4 Å². The Morgan fingerprint density at radius 3 is 2.24 bits per heavy atom. The highest BCUT2D eigenvalue weighted by atomic mass is 15.2. The Morgan fingerprint density at radius 2 is 1.44 bits per heavy atom. The summed E-state index contributed by atoms with van der Waals surface area (Å²) < 4.78 is 0. The van der Waals surface area contributed by atoms with E-state index >= 15 is 0 Å². The van der Waals surface area contributed by atoms with Gasteiger partial charge in [0, 0.05) is 11.1 Å². The molecule has 0 amide bonds. The predicted octanol–water partition coefficient (Wildman–Crippen LogP) is 5.64. The third kappa shape index (κ3) is 2.28. The molecule has 0 aliphatic heterocycles. The second-order valence-corrected chi connectivity index (χ2v) is 6.13. The Bertz CT molecular complexity index is 1250. The molecule has 0 spiro atoms. The molecule has 0 unspecified atom stereocenters. The minimum absolute atomic E-state index is 0.938. The average Bonchev–Trinajstić information content (AvgIpc) is 3.17. The van der Waals surface area contributed by atoms with E-state index in [9.17, 15) is 0 Å². The van der Waals surface area contributed by atoms with Gasteiger partial charge >= 0.3 is 0 Å². The molecule has 0 N–H and O–H groups in total. The summed E-state index contributed by atoms with van der Waals surface area (Å²) in [5.41, 5.74) is 5.09. The summed E-state index contributed by atoms with van der Waals surface area (Å²) in [6.07, 6.45) is 9.30. The van der Waals surface area contributed by atoms with Gasteiger partial charge in [-0.05, 0) is 44.5 Å². The van der Waals surface area contributed by atoms with Crippen LogP contribution in [-0.2, 0) is 0 Å². The standard InChI is InChI=1S/C23H14N2/c1-2-5-16(4-1)14-24-25-15-20-11-10-19-9-8-17-6-3-7-18-12-13-21(20)23(19)22(17)18/h1-4,6-15H/b24-14+,25-15+. The highest BCUT2D eigenvalue weighted by Crippen LogP contribution is 2.35. The van der Waals surface area contributed by atoms with Crippen molar-refractivity contribution in [3.05, 3.63) is 89.7 Å². The molecule has 2 heteroatoms. The van der Waals surface area contributed by atoms with Crippen molar-refractivity contribution in [2.75, 3.05) is 0 Å². The zero-order valence-corrected chi connectivity index (χ0v) is 13.5. The van der Waals surface area contributed by atoms with E-state index in [4.69, 9.17) is 0 Å². The summed E-state index contributed by atoms with van der Waals surface area (Å²) in [6, 6.07) is 19.5. The number of rotatable bonds is 3. The zero-order chi connectivity index (χ0) is 16.6. The predicted molar refractivity (Wildman–Crippen MR) is 107 cm³/mol. The molecule has 0 saturated heterocycles. The van der Waals surface area contributed by atoms with E-state index < -0.39 is 0 Å². The van der Waals surface area contributed by atoms with Gasteiger partial charge in [0.15, 0.2) is 0 Å². The minimum atomic E-state index is 0.938. The van der Waals surface area contributed by atoms with Crippen molar-refractivity contribution < 1.29 is 0 Å². The molecule has 116 valence electrons. The third-order valence-corrected chi connectivity index (χ3v) is 4.64. The van der Waals surface area contributed by atoms with E-state index in [0.717, 1.165) is 11.1 Å². The van der Waals surface area contributed by atoms with E-state index in [1.54, 1.807) is 6.21 Å². The molecule has 4 aromatic rings. The second kappa shape index (κ2) is 5.55. The van der Waals surface area contributed by atoms with Crippen LogP contribution in [0.2, 0.25) is 0 Å². The Labute approximate surface area is 145 Å². The lowest BCUT2D eigenvalue weighted by molar-refractivity contribution is 1.27. The molecule has 1 aliphatic carbocycles. The van der Waals surface area contributed by atoms with Gasteiger partial charge in [-0.2, -0.15) is 10.2 Å². The quantitative estimate of drug-likeness (QED) is 0.202. The van der Waals surface area contributed by atoms with E-state index in [-0.39, 0.29) is 0 Å². The normalized spacial score (nSPS) is 14.2. The van der Waals surface area contributed by atoms with Gasteiger partial charge in [0.25, 0.3) is 0 Å². The van der Waals surface area contributed by atoms with Gasteiger partial charge < -0.3 is 0 Å². The number of hydrogen-bond acceptors (Lipinski definition) is 2. The Morgan fingerprint density at radius 1 is 0.720 bits per heavy atom. The molecular formula is C23H14N2. The summed E-state index contributed by atoms with van der Waals surface area (Å²) >= 11 is 0. The van der Waals surface area contributed by atoms with Gasteiger partial charge in [-0.15, -0.1) is 5.73 Å². The largest absolute Gasteiger partial charge is 0.158 e. The summed E-state index contributed by atoms with van der Waals surface area (Å²) in [5, 5.41) is 16.0. The monoisotopic (exact) mass is 318 g/mol. The van der Waals surface area contributed by atoms with Crippen molar-refractivity contribution in [1.82, 2.24) is 0 Å². The molecule has 25 heavy (non-hydrogen) atoms. The third-order valence-electron chi connectivity index (χ3n) is 4.64. The van der Waals surface area contributed by atoms with Crippen LogP contribution in [0.4, 0.5) is 0 Å². The fraction of sp³-hybridized carbons (Fsp3) is 0. The summed E-state index contributed by atoms with van der Waals surface area (Å²) in [5.74, 6) is 0. The highest BCUT2D eigenvalue weighted by molar-refractivity contribution is 6.25. The fourth-order valence-electron chi connectivity index (χ4n) is 3.49. The van der Waals surface area contributed by atoms with Crippen LogP contribution in [0.15, 0.2) is 94.3 Å². The summed E-state index contributed by atoms with van der Waals surface area (Å²) in [7, 11) is 0. The Balaban J connectivity index is 1.66. The minimum Gasteiger partial charge on any atom is -0.158 e. The lowest BCUT2D eigenvalue weighted by Gasteiger charge is -2.11. The van der Waals surface area contributed by atoms with E-state index in [0.29, 0.717) is 0 Å². The maximum Gasteiger partial charge on any atom is 0.0645 e. The first-order valence-corrected chi connectivity index (χ1v) is 8.26. The zero-order valence-electron chi connectivity index (χ0n) is 13.5. The molecule has 0 radical (unpaired) electrons. The molecule has 0 saturated carbocycles. The summed E-state index contributed by atoms with van der Waals surface area (Å²) in [6.45, 7) is 0. The SMILES string of the molecule is C1=CC=CC=1/C=N/N=C/c1ccc2ccc3cccc4ccc1c2c34. The van der Waals surface area contributed by atoms with Gasteiger partial charge in [-0.25, -0.2) is 0 Å². The molecule has 4 aromatic carbocycles. The molecule has 5 rings (SSSR count). The molecule has 0 aromatic heterocycles. The number of benzene rings is 4. The number of hydrogen-bond donors (Lipinski definition) is 0. The number of nitrogens with zero attached hydrogens (tertiary/aromatic N) is 2. The highest BCUT2D eigenvalue weighted by Gasteiger charge is 2.09. The van der Waals surface area contributed by atoms with Gasteiger partial charge in [-0.1, -0.05) is 60.7 Å². The van der Waals surface area contributed by atoms with Crippen LogP contribution < -0.4 is 0 Å². The maximum absolute atomic E-state index is 4.22. The summed E-state index contributed by atoms with van der Waals surface area (Å²) in [4.78, 5) is 0. The first-order valence-electron chi connectivity index (χ1n) is 8.26. The lowest BCUT2D eigenvalue weighted by Crippen LogP contribution is -1.88. The fourth-order valence-corrected chi connectivity index (χ4v) is 3.49. The van der Waals surface area contributed by atoms with E-state index in [1.165, 1.54) is 32.3 Å². The molecule has 0 bridgehead atoms. The van der Waals surface area contributed by atoms with Gasteiger partial charge in [0.2, 0.25) is 0 Å². The number of allylic oxidation sites excluding steroid dienone is 3. The van der Waals surface area contributed by atoms with Gasteiger partial charge in [0.1, 0.15) is 0 Å². The Hall–Kier alpha value is -3.48. The lowest BCUT2D eigenvalue weighted by atomic mass is 9.92. The van der Waals surface area contributed by atoms with Crippen molar-refractivity contribution in [2.24, 2.45) is 10.2 Å². The van der Waals surface area contributed by atoms with Gasteiger partial charge in [0.05, 0.1) is 12.4 Å². The molecule has 1 aliphatic rings. The van der Waals surface area contributed by atoms with Crippen LogP contribution >= 0.6 is 0 Å². The molecule has 2 nitrogen and oxygen atoms in total. The first kappa shape index (κ1) is 13.9. The average molecular weight is 318 g/mol. The van der Waals surface area contributed by atoms with Crippen molar-refractivity contribution in [3.8, 4) is 0 Å². The van der Waals surface area contributed by atoms with Crippen molar-refractivity contribution in [3.63, 3.8) is 0 Å².